The van der Waals surface area contributed by atoms with Gasteiger partial charge in [0.15, 0.2) is 0 Å². The van der Waals surface area contributed by atoms with Gasteiger partial charge in [-0.2, -0.15) is 5.10 Å². The maximum absolute atomic E-state index is 13.8. The van der Waals surface area contributed by atoms with Crippen LogP contribution >= 0.6 is 0 Å². The van der Waals surface area contributed by atoms with Crippen LogP contribution in [-0.4, -0.2) is 115 Å². The number of rotatable bonds is 9. The Labute approximate surface area is 233 Å². The third-order valence-electron chi connectivity index (χ3n) is 9.90. The molecular formula is C30H45N7O2. The SMILES string of the molecule is C=N/C=N\N1CCN(C(=O)CCN2C[C@]3(CC[C@](c4ccccc4)(N(C)C)CC3)N(CC3CCC3)C2=O)CC1. The van der Waals surface area contributed by atoms with E-state index in [1.165, 1.54) is 31.2 Å². The minimum absolute atomic E-state index is 0.00495. The van der Waals surface area contributed by atoms with Gasteiger partial charge in [0.2, 0.25) is 5.91 Å². The Morgan fingerprint density at radius 2 is 1.77 bits per heavy atom. The molecule has 3 amide bonds. The van der Waals surface area contributed by atoms with Crippen molar-refractivity contribution in [3.05, 3.63) is 35.9 Å². The summed E-state index contributed by atoms with van der Waals surface area (Å²) in [6, 6.07) is 11.0. The highest BCUT2D eigenvalue weighted by Crippen LogP contribution is 2.49. The second-order valence-electron chi connectivity index (χ2n) is 12.1. The lowest BCUT2D eigenvalue weighted by Gasteiger charge is -2.51. The number of amides is 3. The Morgan fingerprint density at radius 3 is 2.36 bits per heavy atom. The van der Waals surface area contributed by atoms with Gasteiger partial charge < -0.3 is 14.7 Å². The number of hydrogen-bond acceptors (Lipinski definition) is 5. The van der Waals surface area contributed by atoms with Crippen molar-refractivity contribution in [2.75, 3.05) is 59.9 Å². The van der Waals surface area contributed by atoms with E-state index in [1.54, 1.807) is 0 Å². The molecule has 39 heavy (non-hydrogen) atoms. The molecule has 1 aromatic carbocycles. The van der Waals surface area contributed by atoms with Crippen LogP contribution in [0.2, 0.25) is 0 Å². The monoisotopic (exact) mass is 535 g/mol. The molecule has 1 aromatic rings. The predicted molar refractivity (Wildman–Crippen MR) is 155 cm³/mol. The lowest BCUT2D eigenvalue weighted by atomic mass is 9.68. The van der Waals surface area contributed by atoms with Crippen molar-refractivity contribution >= 4 is 25.0 Å². The number of hydrazone groups is 1. The highest BCUT2D eigenvalue weighted by atomic mass is 16.2. The molecule has 2 heterocycles. The van der Waals surface area contributed by atoms with E-state index in [0.29, 0.717) is 45.1 Å². The van der Waals surface area contributed by atoms with E-state index in [-0.39, 0.29) is 23.0 Å². The van der Waals surface area contributed by atoms with Crippen LogP contribution in [-0.2, 0) is 10.3 Å². The van der Waals surface area contributed by atoms with Crippen LogP contribution in [0.4, 0.5) is 4.79 Å². The zero-order chi connectivity index (χ0) is 27.5. The van der Waals surface area contributed by atoms with E-state index in [4.69, 9.17) is 0 Å². The number of carbonyl (C=O) groups is 2. The lowest BCUT2D eigenvalue weighted by Crippen LogP contribution is -2.56. The molecule has 0 bridgehead atoms. The number of benzene rings is 1. The van der Waals surface area contributed by atoms with Gasteiger partial charge in [-0.25, -0.2) is 4.79 Å². The molecule has 0 atom stereocenters. The summed E-state index contributed by atoms with van der Waals surface area (Å²) in [6.07, 6.45) is 9.58. The third kappa shape index (κ3) is 5.55. The lowest BCUT2D eigenvalue weighted by molar-refractivity contribution is -0.133. The first-order chi connectivity index (χ1) is 18.9. The summed E-state index contributed by atoms with van der Waals surface area (Å²) in [5, 5.41) is 6.14. The molecule has 4 fully saturated rings. The number of hydrogen-bond donors (Lipinski definition) is 0. The molecule has 1 spiro atoms. The Bertz CT molecular complexity index is 1040. The van der Waals surface area contributed by atoms with Crippen molar-refractivity contribution in [2.45, 2.75) is 62.4 Å². The largest absolute Gasteiger partial charge is 0.339 e. The summed E-state index contributed by atoms with van der Waals surface area (Å²) in [5.74, 6) is 0.747. The fourth-order valence-corrected chi connectivity index (χ4v) is 7.12. The predicted octanol–water partition coefficient (Wildman–Crippen LogP) is 3.47. The fraction of sp³-hybridized carbons (Fsp3) is 0.667. The van der Waals surface area contributed by atoms with Gasteiger partial charge in [-0.3, -0.25) is 19.7 Å². The van der Waals surface area contributed by atoms with Gasteiger partial charge in [-0.15, -0.1) is 0 Å². The second kappa shape index (κ2) is 11.7. The molecule has 0 unspecified atom stereocenters. The van der Waals surface area contributed by atoms with Gasteiger partial charge in [0.25, 0.3) is 0 Å². The van der Waals surface area contributed by atoms with E-state index in [0.717, 1.165) is 38.8 Å². The summed E-state index contributed by atoms with van der Waals surface area (Å²) in [5.41, 5.74) is 1.23. The van der Waals surface area contributed by atoms with Gasteiger partial charge in [0.05, 0.1) is 18.6 Å². The van der Waals surface area contributed by atoms with Gasteiger partial charge >= 0.3 is 6.03 Å². The van der Waals surface area contributed by atoms with Crippen molar-refractivity contribution in [3.8, 4) is 0 Å². The number of aliphatic imine (C=N–C) groups is 1. The Morgan fingerprint density at radius 1 is 1.08 bits per heavy atom. The normalized spacial score (nSPS) is 28.1. The zero-order valence-electron chi connectivity index (χ0n) is 23.8. The summed E-state index contributed by atoms with van der Waals surface area (Å²) in [7, 11) is 4.38. The second-order valence-corrected chi connectivity index (χ2v) is 12.1. The Hall–Kier alpha value is -2.94. The molecule has 0 aromatic heterocycles. The molecule has 2 aliphatic carbocycles. The Kier molecular flexibility index (Phi) is 8.26. The van der Waals surface area contributed by atoms with Crippen LogP contribution < -0.4 is 0 Å². The molecular weight excluding hydrogens is 490 g/mol. The summed E-state index contributed by atoms with van der Waals surface area (Å²) in [4.78, 5) is 39.1. The van der Waals surface area contributed by atoms with E-state index >= 15 is 0 Å². The highest BCUT2D eigenvalue weighted by Gasteiger charge is 2.54. The minimum atomic E-state index is -0.132. The minimum Gasteiger partial charge on any atom is -0.339 e. The van der Waals surface area contributed by atoms with Crippen LogP contribution in [0.25, 0.3) is 0 Å². The highest BCUT2D eigenvalue weighted by molar-refractivity contribution is 5.80. The molecule has 2 saturated heterocycles. The first-order valence-electron chi connectivity index (χ1n) is 14.7. The first-order valence-corrected chi connectivity index (χ1v) is 14.7. The number of urea groups is 1. The molecule has 2 saturated carbocycles. The maximum atomic E-state index is 13.8. The van der Waals surface area contributed by atoms with E-state index in [1.807, 2.05) is 14.8 Å². The standard InChI is InChI=1S/C30H45N7O2/c1-31-24-32-36-20-18-34(19-21-36)27(38)12-17-35-23-29(37(28(35)39)22-25-8-7-9-25)13-15-30(16-14-29,33(2)3)26-10-5-4-6-11-26/h4-6,10-11,24-25H,1,7-9,12-23H2,2-3H3/b32-24-/t29-,30+. The summed E-state index contributed by atoms with van der Waals surface area (Å²) < 4.78 is 0. The van der Waals surface area contributed by atoms with Crippen LogP contribution in [0, 0.1) is 5.92 Å². The molecule has 4 aliphatic rings. The van der Waals surface area contributed by atoms with E-state index < -0.39 is 0 Å². The first kappa shape index (κ1) is 27.6. The summed E-state index contributed by atoms with van der Waals surface area (Å²) in [6.45, 7) is 8.18. The molecule has 9 heteroatoms. The van der Waals surface area contributed by atoms with Crippen LogP contribution in [0.5, 0.6) is 0 Å². The number of carbonyl (C=O) groups excluding carboxylic acids is 2. The van der Waals surface area contributed by atoms with Crippen molar-refractivity contribution in [1.29, 1.82) is 0 Å². The van der Waals surface area contributed by atoms with Crippen molar-refractivity contribution in [2.24, 2.45) is 16.0 Å². The average Bonchev–Trinajstić information content (AvgIpc) is 3.19. The third-order valence-corrected chi connectivity index (χ3v) is 9.90. The molecule has 2 aliphatic heterocycles. The average molecular weight is 536 g/mol. The van der Waals surface area contributed by atoms with Crippen molar-refractivity contribution < 1.29 is 9.59 Å². The smallest absolute Gasteiger partial charge is 0.320 e. The van der Waals surface area contributed by atoms with Gasteiger partial charge in [0, 0.05) is 44.7 Å². The van der Waals surface area contributed by atoms with E-state index in [9.17, 15) is 9.59 Å². The molecule has 212 valence electrons. The molecule has 0 radical (unpaired) electrons. The Balaban J connectivity index is 1.24. The topological polar surface area (TPSA) is 75.1 Å². The molecule has 5 rings (SSSR count). The molecule has 9 nitrogen and oxygen atoms in total. The van der Waals surface area contributed by atoms with Crippen LogP contribution in [0.15, 0.2) is 40.4 Å². The number of piperazine rings is 1. The van der Waals surface area contributed by atoms with Crippen molar-refractivity contribution in [3.63, 3.8) is 0 Å². The maximum Gasteiger partial charge on any atom is 0.320 e. The number of nitrogens with zero attached hydrogens (tertiary/aromatic N) is 7. The van der Waals surface area contributed by atoms with Gasteiger partial charge in [0.1, 0.15) is 6.34 Å². The van der Waals surface area contributed by atoms with Gasteiger partial charge in [-0.05, 0) is 70.8 Å². The fourth-order valence-electron chi connectivity index (χ4n) is 7.12. The van der Waals surface area contributed by atoms with Crippen molar-refractivity contribution in [1.82, 2.24) is 24.6 Å². The molecule has 0 N–H and O–H groups in total. The summed E-state index contributed by atoms with van der Waals surface area (Å²) >= 11 is 0. The van der Waals surface area contributed by atoms with Crippen LogP contribution in [0.3, 0.4) is 0 Å². The van der Waals surface area contributed by atoms with Crippen LogP contribution in [0.1, 0.15) is 56.9 Å². The van der Waals surface area contributed by atoms with Gasteiger partial charge in [-0.1, -0.05) is 36.8 Å². The van der Waals surface area contributed by atoms with E-state index in [2.05, 4.69) is 71.0 Å². The quantitative estimate of drug-likeness (QED) is 0.359. The zero-order valence-corrected chi connectivity index (χ0v) is 23.8.